The first-order chi connectivity index (χ1) is 15.9. The summed E-state index contributed by atoms with van der Waals surface area (Å²) in [5.41, 5.74) is 1.17. The smallest absolute Gasteiger partial charge is 0.251 e. The van der Waals surface area contributed by atoms with E-state index in [1.807, 2.05) is 25.3 Å². The van der Waals surface area contributed by atoms with Crippen molar-refractivity contribution in [1.29, 1.82) is 0 Å². The molecule has 2 saturated heterocycles. The average molecular weight is 492 g/mol. The van der Waals surface area contributed by atoms with Gasteiger partial charge in [-0.05, 0) is 55.8 Å². The first-order valence-corrected chi connectivity index (χ1v) is 14.0. The average Bonchev–Trinajstić information content (AvgIpc) is 3.35. The lowest BCUT2D eigenvalue weighted by atomic mass is 10.1. The van der Waals surface area contributed by atoms with Gasteiger partial charge in [0.1, 0.15) is 0 Å². The minimum Gasteiger partial charge on any atom is -0.379 e. The number of morpholine rings is 1. The number of hydrogen-bond donors (Lipinski definition) is 1. The quantitative estimate of drug-likeness (QED) is 0.642. The van der Waals surface area contributed by atoms with E-state index >= 15 is 0 Å². The van der Waals surface area contributed by atoms with E-state index in [-0.39, 0.29) is 22.9 Å². The molecule has 1 N–H and O–H groups in total. The first kappa shape index (κ1) is 24.3. The van der Waals surface area contributed by atoms with Crippen LogP contribution in [0.2, 0.25) is 0 Å². The summed E-state index contributed by atoms with van der Waals surface area (Å²) < 4.78 is 33.6. The predicted octanol–water partition coefficient (Wildman–Crippen LogP) is 3.42. The summed E-state index contributed by atoms with van der Waals surface area (Å²) in [6.45, 7) is 7.79. The molecule has 0 saturated carbocycles. The molecule has 2 atom stereocenters. The first-order valence-electron chi connectivity index (χ1n) is 11.6. The molecule has 9 heteroatoms. The maximum absolute atomic E-state index is 13.3. The number of ether oxygens (including phenoxy) is 1. The number of hydrogen-bond acceptors (Lipinski definition) is 6. The Balaban J connectivity index is 1.52. The van der Waals surface area contributed by atoms with Gasteiger partial charge in [-0.25, -0.2) is 8.42 Å². The highest BCUT2D eigenvalue weighted by Gasteiger charge is 2.32. The lowest BCUT2D eigenvalue weighted by Crippen LogP contribution is -2.43. The molecule has 1 aromatic carbocycles. The number of carbonyl (C=O) groups excluding carboxylic acids is 1. The van der Waals surface area contributed by atoms with E-state index in [1.165, 1.54) is 10.9 Å². The van der Waals surface area contributed by atoms with E-state index in [2.05, 4.69) is 16.3 Å². The Morgan fingerprint density at radius 1 is 1.21 bits per heavy atom. The molecule has 1 aromatic heterocycles. The molecule has 3 heterocycles. The second-order valence-electron chi connectivity index (χ2n) is 8.83. The molecule has 1 amide bonds. The Hall–Kier alpha value is -1.78. The SMILES string of the molecule is Cc1ccc(S(=O)(=O)N2CCCCC2C)cc1C(=O)NCC(c1cccs1)N1CCOCC1. The van der Waals surface area contributed by atoms with Gasteiger partial charge in [-0.1, -0.05) is 18.6 Å². The predicted molar refractivity (Wildman–Crippen MR) is 130 cm³/mol. The molecule has 0 radical (unpaired) electrons. The Bertz CT molecular complexity index is 1050. The van der Waals surface area contributed by atoms with Crippen LogP contribution in [0, 0.1) is 6.92 Å². The van der Waals surface area contributed by atoms with Gasteiger partial charge in [-0.15, -0.1) is 11.3 Å². The van der Waals surface area contributed by atoms with Crippen molar-refractivity contribution in [2.24, 2.45) is 0 Å². The maximum Gasteiger partial charge on any atom is 0.251 e. The maximum atomic E-state index is 13.3. The van der Waals surface area contributed by atoms with Crippen LogP contribution in [0.4, 0.5) is 0 Å². The van der Waals surface area contributed by atoms with Gasteiger partial charge in [0, 0.05) is 42.7 Å². The zero-order chi connectivity index (χ0) is 23.4. The Labute approximate surface area is 200 Å². The fourth-order valence-electron chi connectivity index (χ4n) is 4.63. The number of nitrogens with one attached hydrogen (secondary N) is 1. The number of aryl methyl sites for hydroxylation is 1. The van der Waals surface area contributed by atoms with Gasteiger partial charge in [-0.3, -0.25) is 9.69 Å². The fraction of sp³-hybridized carbons (Fsp3) is 0.542. The molecule has 33 heavy (non-hydrogen) atoms. The van der Waals surface area contributed by atoms with E-state index in [0.717, 1.165) is 37.9 Å². The molecular formula is C24H33N3O4S2. The minimum atomic E-state index is -3.63. The third-order valence-electron chi connectivity index (χ3n) is 6.62. The van der Waals surface area contributed by atoms with Gasteiger partial charge in [-0.2, -0.15) is 4.31 Å². The number of thiophene rings is 1. The molecule has 0 aliphatic carbocycles. The summed E-state index contributed by atoms with van der Waals surface area (Å²) >= 11 is 1.68. The van der Waals surface area contributed by atoms with Crippen LogP contribution in [0.25, 0.3) is 0 Å². The number of nitrogens with zero attached hydrogens (tertiary/aromatic N) is 2. The zero-order valence-electron chi connectivity index (χ0n) is 19.3. The molecule has 7 nitrogen and oxygen atoms in total. The summed E-state index contributed by atoms with van der Waals surface area (Å²) in [5.74, 6) is -0.244. The third-order valence-corrected chi connectivity index (χ3v) is 9.60. The summed E-state index contributed by atoms with van der Waals surface area (Å²) in [6.07, 6.45) is 2.78. The number of benzene rings is 1. The molecule has 2 fully saturated rings. The van der Waals surface area contributed by atoms with E-state index < -0.39 is 10.0 Å². The fourth-order valence-corrected chi connectivity index (χ4v) is 7.22. The highest BCUT2D eigenvalue weighted by molar-refractivity contribution is 7.89. The van der Waals surface area contributed by atoms with Crippen molar-refractivity contribution in [3.05, 3.63) is 51.7 Å². The van der Waals surface area contributed by atoms with E-state index in [4.69, 9.17) is 4.74 Å². The summed E-state index contributed by atoms with van der Waals surface area (Å²) in [7, 11) is -3.63. The van der Waals surface area contributed by atoms with Crippen LogP contribution in [0.15, 0.2) is 40.6 Å². The van der Waals surface area contributed by atoms with Gasteiger partial charge < -0.3 is 10.1 Å². The monoisotopic (exact) mass is 491 g/mol. The van der Waals surface area contributed by atoms with Gasteiger partial charge in [0.05, 0.1) is 24.2 Å². The van der Waals surface area contributed by atoms with Crippen molar-refractivity contribution in [1.82, 2.24) is 14.5 Å². The Morgan fingerprint density at radius 2 is 2.00 bits per heavy atom. The molecule has 0 spiro atoms. The van der Waals surface area contributed by atoms with Crippen molar-refractivity contribution >= 4 is 27.3 Å². The zero-order valence-corrected chi connectivity index (χ0v) is 21.0. The van der Waals surface area contributed by atoms with Crippen LogP contribution in [0.5, 0.6) is 0 Å². The normalized spacial score (nSPS) is 21.6. The lowest BCUT2D eigenvalue weighted by molar-refractivity contribution is 0.0169. The van der Waals surface area contributed by atoms with E-state index in [1.54, 1.807) is 27.8 Å². The largest absolute Gasteiger partial charge is 0.379 e. The number of rotatable bonds is 7. The molecule has 2 aliphatic rings. The molecule has 180 valence electrons. The molecule has 2 unspecified atom stereocenters. The van der Waals surface area contributed by atoms with E-state index in [9.17, 15) is 13.2 Å². The third kappa shape index (κ3) is 5.49. The highest BCUT2D eigenvalue weighted by Crippen LogP contribution is 2.28. The molecular weight excluding hydrogens is 458 g/mol. The van der Waals surface area contributed by atoms with Gasteiger partial charge in [0.2, 0.25) is 10.0 Å². The van der Waals surface area contributed by atoms with Crippen LogP contribution < -0.4 is 5.32 Å². The molecule has 4 rings (SSSR count). The topological polar surface area (TPSA) is 79.0 Å². The van der Waals surface area contributed by atoms with Crippen LogP contribution in [0.1, 0.15) is 53.0 Å². The lowest BCUT2D eigenvalue weighted by Gasteiger charge is -2.34. The van der Waals surface area contributed by atoms with Crippen LogP contribution in [-0.4, -0.2) is 69.0 Å². The van der Waals surface area contributed by atoms with Crippen molar-refractivity contribution in [2.75, 3.05) is 39.4 Å². The molecule has 2 aromatic rings. The van der Waals surface area contributed by atoms with Gasteiger partial charge >= 0.3 is 0 Å². The summed E-state index contributed by atoms with van der Waals surface area (Å²) in [6, 6.07) is 9.04. The standard InChI is InChI=1S/C24H33N3O4S2/c1-18-8-9-20(33(29,30)27-10-4-3-6-19(27)2)16-21(18)24(28)25-17-22(23-7-5-15-32-23)26-11-13-31-14-12-26/h5,7-9,15-16,19,22H,3-4,6,10-14,17H2,1-2H3,(H,25,28). The van der Waals surface area contributed by atoms with Crippen LogP contribution in [-0.2, 0) is 14.8 Å². The minimum absolute atomic E-state index is 0.0255. The molecule has 0 bridgehead atoms. The van der Waals surface area contributed by atoms with Gasteiger partial charge in [0.25, 0.3) is 5.91 Å². The van der Waals surface area contributed by atoms with E-state index in [0.29, 0.717) is 31.9 Å². The number of carbonyl (C=O) groups is 1. The number of sulfonamides is 1. The van der Waals surface area contributed by atoms with Crippen molar-refractivity contribution < 1.29 is 17.9 Å². The second kappa shape index (κ2) is 10.7. The number of amides is 1. The number of piperidine rings is 1. The van der Waals surface area contributed by atoms with Crippen LogP contribution >= 0.6 is 11.3 Å². The Morgan fingerprint density at radius 3 is 2.70 bits per heavy atom. The Kier molecular flexibility index (Phi) is 7.86. The van der Waals surface area contributed by atoms with Crippen LogP contribution in [0.3, 0.4) is 0 Å². The van der Waals surface area contributed by atoms with Crippen molar-refractivity contribution in [3.63, 3.8) is 0 Å². The second-order valence-corrected chi connectivity index (χ2v) is 11.7. The summed E-state index contributed by atoms with van der Waals surface area (Å²) in [4.78, 5) is 16.9. The van der Waals surface area contributed by atoms with Crippen molar-refractivity contribution in [2.45, 2.75) is 50.1 Å². The molecule has 2 aliphatic heterocycles. The highest BCUT2D eigenvalue weighted by atomic mass is 32.2. The summed E-state index contributed by atoms with van der Waals surface area (Å²) in [5, 5.41) is 5.12. The van der Waals surface area contributed by atoms with Crippen molar-refractivity contribution in [3.8, 4) is 0 Å². The van der Waals surface area contributed by atoms with Gasteiger partial charge in [0.15, 0.2) is 0 Å².